The van der Waals surface area contributed by atoms with E-state index in [9.17, 15) is 4.39 Å². The molecule has 1 aromatic rings. The molecule has 1 atom stereocenters. The summed E-state index contributed by atoms with van der Waals surface area (Å²) in [4.78, 5) is 2.26. The Kier molecular flexibility index (Phi) is 5.85. The summed E-state index contributed by atoms with van der Waals surface area (Å²) in [6.07, 6.45) is 3.46. The molecule has 0 spiro atoms. The van der Waals surface area contributed by atoms with Crippen LogP contribution in [0.1, 0.15) is 24.4 Å². The molecule has 0 amide bonds. The van der Waals surface area contributed by atoms with Crippen molar-refractivity contribution >= 4 is 23.2 Å². The number of hydrogen-bond donors (Lipinski definition) is 1. The topological polar surface area (TPSA) is 15.3 Å². The van der Waals surface area contributed by atoms with Crippen LogP contribution >= 0.6 is 23.2 Å². The van der Waals surface area contributed by atoms with Gasteiger partial charge in [-0.2, -0.15) is 0 Å². The molecule has 1 fully saturated rings. The lowest BCUT2D eigenvalue weighted by molar-refractivity contribution is 0.163. The smallest absolute Gasteiger partial charge is 0.148 e. The molecule has 20 heavy (non-hydrogen) atoms. The highest BCUT2D eigenvalue weighted by Crippen LogP contribution is 2.36. The van der Waals surface area contributed by atoms with Crippen molar-refractivity contribution in [1.29, 1.82) is 0 Å². The number of hydrogen-bond acceptors (Lipinski definition) is 2. The van der Waals surface area contributed by atoms with Crippen molar-refractivity contribution in [1.82, 2.24) is 10.2 Å². The van der Waals surface area contributed by atoms with Crippen molar-refractivity contribution < 1.29 is 4.39 Å². The van der Waals surface area contributed by atoms with Gasteiger partial charge >= 0.3 is 0 Å². The summed E-state index contributed by atoms with van der Waals surface area (Å²) in [6, 6.07) is 3.12. The minimum Gasteiger partial charge on any atom is -0.314 e. The van der Waals surface area contributed by atoms with Gasteiger partial charge in [0.05, 0.1) is 5.02 Å². The molecule has 5 heteroatoms. The van der Waals surface area contributed by atoms with Crippen LogP contribution in [0.4, 0.5) is 4.39 Å². The van der Waals surface area contributed by atoms with E-state index in [2.05, 4.69) is 16.8 Å². The molecule has 1 aliphatic rings. The van der Waals surface area contributed by atoms with Crippen LogP contribution in [0.3, 0.4) is 0 Å². The molecule has 1 heterocycles. The average Bonchev–Trinajstić information content (AvgIpc) is 2.47. The van der Waals surface area contributed by atoms with E-state index < -0.39 is 5.82 Å². The van der Waals surface area contributed by atoms with Gasteiger partial charge in [-0.15, -0.1) is 6.58 Å². The van der Waals surface area contributed by atoms with E-state index in [0.717, 1.165) is 39.0 Å². The molecule has 0 saturated carbocycles. The Morgan fingerprint density at radius 1 is 1.30 bits per heavy atom. The van der Waals surface area contributed by atoms with Crippen LogP contribution in [0.25, 0.3) is 0 Å². The first kappa shape index (κ1) is 15.8. The van der Waals surface area contributed by atoms with Gasteiger partial charge < -0.3 is 5.32 Å². The van der Waals surface area contributed by atoms with Gasteiger partial charge in [0.15, 0.2) is 0 Å². The van der Waals surface area contributed by atoms with E-state index in [0.29, 0.717) is 10.6 Å². The Hall–Kier alpha value is -0.610. The predicted octanol–water partition coefficient (Wildman–Crippen LogP) is 4.05. The van der Waals surface area contributed by atoms with Crippen molar-refractivity contribution in [3.05, 3.63) is 46.2 Å². The van der Waals surface area contributed by atoms with E-state index >= 15 is 0 Å². The second-order valence-corrected chi connectivity index (χ2v) is 5.74. The SMILES string of the molecule is C=CCC[C@@H](c1c(Cl)ccc(Cl)c1F)N1CCNCC1. The van der Waals surface area contributed by atoms with E-state index in [1.807, 2.05) is 6.08 Å². The third-order valence-electron chi connectivity index (χ3n) is 3.65. The third-order valence-corrected chi connectivity index (χ3v) is 4.27. The molecule has 0 aromatic heterocycles. The minimum atomic E-state index is -0.397. The second-order valence-electron chi connectivity index (χ2n) is 4.92. The lowest BCUT2D eigenvalue weighted by Crippen LogP contribution is -2.45. The van der Waals surface area contributed by atoms with Crippen molar-refractivity contribution in [2.24, 2.45) is 0 Å². The quantitative estimate of drug-likeness (QED) is 0.651. The average molecular weight is 317 g/mol. The fraction of sp³-hybridized carbons (Fsp3) is 0.467. The molecule has 2 nitrogen and oxygen atoms in total. The zero-order valence-corrected chi connectivity index (χ0v) is 12.9. The summed E-state index contributed by atoms with van der Waals surface area (Å²) in [5, 5.41) is 3.88. The largest absolute Gasteiger partial charge is 0.314 e. The Labute approximate surface area is 129 Å². The van der Waals surface area contributed by atoms with Crippen molar-refractivity contribution in [3.8, 4) is 0 Å². The number of halogens is 3. The lowest BCUT2D eigenvalue weighted by atomic mass is 9.98. The molecule has 2 rings (SSSR count). The standard InChI is InChI=1S/C15H19Cl2FN2/c1-2-3-4-13(20-9-7-19-8-10-20)14-11(16)5-6-12(17)15(14)18/h2,5-6,13,19H,1,3-4,7-10H2/t13-/m0/s1. The molecule has 0 radical (unpaired) electrons. The normalized spacial score (nSPS) is 17.9. The molecule has 1 N–H and O–H groups in total. The molecule has 1 aliphatic heterocycles. The Morgan fingerprint density at radius 2 is 1.95 bits per heavy atom. The Bertz CT molecular complexity index is 473. The highest BCUT2D eigenvalue weighted by molar-refractivity contribution is 6.33. The molecule has 0 unspecified atom stereocenters. The summed E-state index contributed by atoms with van der Waals surface area (Å²) in [5.74, 6) is -0.397. The van der Waals surface area contributed by atoms with Crippen LogP contribution in [-0.4, -0.2) is 31.1 Å². The Balaban J connectivity index is 2.34. The van der Waals surface area contributed by atoms with E-state index in [-0.39, 0.29) is 11.1 Å². The van der Waals surface area contributed by atoms with Crippen LogP contribution in [0, 0.1) is 5.82 Å². The number of allylic oxidation sites excluding steroid dienone is 1. The van der Waals surface area contributed by atoms with Gasteiger partial charge in [0.2, 0.25) is 0 Å². The highest BCUT2D eigenvalue weighted by Gasteiger charge is 2.27. The van der Waals surface area contributed by atoms with Crippen LogP contribution in [-0.2, 0) is 0 Å². The van der Waals surface area contributed by atoms with Gasteiger partial charge in [0.1, 0.15) is 5.82 Å². The fourth-order valence-electron chi connectivity index (χ4n) is 2.63. The van der Waals surface area contributed by atoms with Gasteiger partial charge in [-0.1, -0.05) is 29.3 Å². The van der Waals surface area contributed by atoms with E-state index in [1.54, 1.807) is 6.07 Å². The fourth-order valence-corrected chi connectivity index (χ4v) is 3.06. The van der Waals surface area contributed by atoms with Gasteiger partial charge in [-0.25, -0.2) is 4.39 Å². The molecule has 110 valence electrons. The van der Waals surface area contributed by atoms with Crippen LogP contribution in [0.5, 0.6) is 0 Å². The Morgan fingerprint density at radius 3 is 2.60 bits per heavy atom. The zero-order valence-electron chi connectivity index (χ0n) is 11.3. The van der Waals surface area contributed by atoms with Gasteiger partial charge in [0, 0.05) is 42.8 Å². The van der Waals surface area contributed by atoms with Crippen LogP contribution < -0.4 is 5.32 Å². The first-order valence-corrected chi connectivity index (χ1v) is 7.59. The summed E-state index contributed by atoms with van der Waals surface area (Å²) in [5.41, 5.74) is 0.517. The molecule has 0 aliphatic carbocycles. The first-order valence-electron chi connectivity index (χ1n) is 6.84. The molecule has 0 bridgehead atoms. The summed E-state index contributed by atoms with van der Waals surface area (Å²) < 4.78 is 14.4. The van der Waals surface area contributed by atoms with Gasteiger partial charge in [-0.05, 0) is 25.0 Å². The van der Waals surface area contributed by atoms with Gasteiger partial charge in [-0.3, -0.25) is 4.90 Å². The number of nitrogens with zero attached hydrogens (tertiary/aromatic N) is 1. The lowest BCUT2D eigenvalue weighted by Gasteiger charge is -2.35. The second kappa shape index (κ2) is 7.41. The van der Waals surface area contributed by atoms with Crippen molar-refractivity contribution in [2.75, 3.05) is 26.2 Å². The highest BCUT2D eigenvalue weighted by atomic mass is 35.5. The van der Waals surface area contributed by atoms with Gasteiger partial charge in [0.25, 0.3) is 0 Å². The number of rotatable bonds is 5. The zero-order chi connectivity index (χ0) is 14.5. The molecular weight excluding hydrogens is 298 g/mol. The molecule has 1 aromatic carbocycles. The molecule has 1 saturated heterocycles. The number of benzene rings is 1. The maximum absolute atomic E-state index is 14.4. The van der Waals surface area contributed by atoms with Crippen LogP contribution in [0.2, 0.25) is 10.0 Å². The third kappa shape index (κ3) is 3.53. The first-order chi connectivity index (χ1) is 9.65. The summed E-state index contributed by atoms with van der Waals surface area (Å²) in [6.45, 7) is 7.32. The van der Waals surface area contributed by atoms with E-state index in [4.69, 9.17) is 23.2 Å². The summed E-state index contributed by atoms with van der Waals surface area (Å²) >= 11 is 12.1. The van der Waals surface area contributed by atoms with E-state index in [1.165, 1.54) is 6.07 Å². The van der Waals surface area contributed by atoms with Crippen LogP contribution in [0.15, 0.2) is 24.8 Å². The minimum absolute atomic E-state index is 0.0544. The summed E-state index contributed by atoms with van der Waals surface area (Å²) in [7, 11) is 0. The maximum Gasteiger partial charge on any atom is 0.148 e. The number of piperazine rings is 1. The van der Waals surface area contributed by atoms with Crippen molar-refractivity contribution in [3.63, 3.8) is 0 Å². The molecular formula is C15H19Cl2FN2. The predicted molar refractivity (Wildman–Crippen MR) is 83.0 cm³/mol. The number of nitrogens with one attached hydrogen (secondary N) is 1. The van der Waals surface area contributed by atoms with Crippen molar-refractivity contribution in [2.45, 2.75) is 18.9 Å². The monoisotopic (exact) mass is 316 g/mol. The maximum atomic E-state index is 14.4.